The molecule has 1 fully saturated rings. The van der Waals surface area contributed by atoms with Crippen molar-refractivity contribution >= 4 is 17.8 Å². The van der Waals surface area contributed by atoms with Gasteiger partial charge in [-0.2, -0.15) is 0 Å². The molecule has 108 valence electrons. The summed E-state index contributed by atoms with van der Waals surface area (Å²) in [6.45, 7) is 3.57. The van der Waals surface area contributed by atoms with Crippen LogP contribution in [-0.4, -0.2) is 61.4 Å². The van der Waals surface area contributed by atoms with Crippen molar-refractivity contribution in [1.29, 1.82) is 0 Å². The van der Waals surface area contributed by atoms with Gasteiger partial charge in [0.1, 0.15) is 0 Å². The van der Waals surface area contributed by atoms with Gasteiger partial charge in [0.15, 0.2) is 0 Å². The van der Waals surface area contributed by atoms with Crippen LogP contribution in [0.2, 0.25) is 0 Å². The highest BCUT2D eigenvalue weighted by atomic mass is 16.5. The van der Waals surface area contributed by atoms with Crippen LogP contribution >= 0.6 is 0 Å². The molecule has 2 amide bonds. The van der Waals surface area contributed by atoms with Gasteiger partial charge in [-0.15, -0.1) is 0 Å². The monoisotopic (exact) mass is 270 g/mol. The fourth-order valence-corrected chi connectivity index (χ4v) is 2.23. The first-order valence-corrected chi connectivity index (χ1v) is 6.59. The molecule has 0 spiro atoms. The van der Waals surface area contributed by atoms with Crippen LogP contribution in [0, 0.1) is 5.92 Å². The third kappa shape index (κ3) is 4.22. The molecular formula is C13H22N2O4. The molecule has 0 aromatic heterocycles. The quantitative estimate of drug-likeness (QED) is 0.650. The highest BCUT2D eigenvalue weighted by Crippen LogP contribution is 2.19. The van der Waals surface area contributed by atoms with Crippen LogP contribution < -0.4 is 0 Å². The van der Waals surface area contributed by atoms with Crippen LogP contribution in [0.25, 0.3) is 0 Å². The number of methoxy groups -OCH3 is 1. The lowest BCUT2D eigenvalue weighted by Gasteiger charge is -2.20. The Morgan fingerprint density at radius 3 is 2.68 bits per heavy atom. The number of hydrogen-bond donors (Lipinski definition) is 0. The first-order chi connectivity index (χ1) is 8.99. The summed E-state index contributed by atoms with van der Waals surface area (Å²) < 4.78 is 4.54. The smallest absolute Gasteiger partial charge is 0.305 e. The molecule has 0 saturated carbocycles. The van der Waals surface area contributed by atoms with Crippen molar-refractivity contribution in [3.8, 4) is 0 Å². The Hall–Kier alpha value is -1.59. The second-order valence-electron chi connectivity index (χ2n) is 4.77. The summed E-state index contributed by atoms with van der Waals surface area (Å²) in [6, 6.07) is 0. The Bertz CT molecular complexity index is 357. The van der Waals surface area contributed by atoms with E-state index in [4.69, 9.17) is 0 Å². The van der Waals surface area contributed by atoms with E-state index in [9.17, 15) is 14.4 Å². The zero-order chi connectivity index (χ0) is 14.4. The van der Waals surface area contributed by atoms with E-state index in [0.717, 1.165) is 0 Å². The third-order valence-electron chi connectivity index (χ3n) is 3.42. The molecule has 1 saturated heterocycles. The van der Waals surface area contributed by atoms with Gasteiger partial charge in [-0.25, -0.2) is 0 Å². The van der Waals surface area contributed by atoms with Crippen molar-refractivity contribution in [3.05, 3.63) is 0 Å². The summed E-state index contributed by atoms with van der Waals surface area (Å²) in [5, 5.41) is 0. The molecule has 0 bridgehead atoms. The van der Waals surface area contributed by atoms with Crippen LogP contribution in [0.4, 0.5) is 0 Å². The van der Waals surface area contributed by atoms with E-state index in [1.54, 1.807) is 16.8 Å². The van der Waals surface area contributed by atoms with Gasteiger partial charge in [-0.1, -0.05) is 0 Å². The molecule has 0 aliphatic carbocycles. The number of esters is 1. The largest absolute Gasteiger partial charge is 0.469 e. The van der Waals surface area contributed by atoms with E-state index < -0.39 is 0 Å². The Balaban J connectivity index is 2.37. The van der Waals surface area contributed by atoms with E-state index in [1.165, 1.54) is 7.11 Å². The van der Waals surface area contributed by atoms with Gasteiger partial charge in [0.25, 0.3) is 0 Å². The number of ether oxygens (including phenoxy) is 1. The standard InChI is InChI=1S/C13H22N2O4/c1-4-15-9-10(8-11(15)16)13(18)14(2)7-5-6-12(17)19-3/h10H,4-9H2,1-3H3. The number of amides is 2. The van der Waals surface area contributed by atoms with Crippen molar-refractivity contribution < 1.29 is 19.1 Å². The van der Waals surface area contributed by atoms with Crippen LogP contribution in [0.15, 0.2) is 0 Å². The van der Waals surface area contributed by atoms with Gasteiger partial charge in [0, 0.05) is 39.5 Å². The Morgan fingerprint density at radius 2 is 2.16 bits per heavy atom. The van der Waals surface area contributed by atoms with Gasteiger partial charge in [0.2, 0.25) is 11.8 Å². The maximum Gasteiger partial charge on any atom is 0.305 e. The summed E-state index contributed by atoms with van der Waals surface area (Å²) in [5.41, 5.74) is 0. The molecule has 0 aromatic carbocycles. The topological polar surface area (TPSA) is 66.9 Å². The predicted molar refractivity (Wildman–Crippen MR) is 69.2 cm³/mol. The van der Waals surface area contributed by atoms with Gasteiger partial charge >= 0.3 is 5.97 Å². The zero-order valence-electron chi connectivity index (χ0n) is 11.8. The molecule has 1 aliphatic heterocycles. The minimum Gasteiger partial charge on any atom is -0.469 e. The lowest BCUT2D eigenvalue weighted by Crippen LogP contribution is -2.35. The van der Waals surface area contributed by atoms with E-state index in [2.05, 4.69) is 4.74 Å². The van der Waals surface area contributed by atoms with E-state index in [-0.39, 0.29) is 23.7 Å². The van der Waals surface area contributed by atoms with E-state index >= 15 is 0 Å². The average Bonchev–Trinajstić information content (AvgIpc) is 2.78. The van der Waals surface area contributed by atoms with Crippen LogP contribution in [0.5, 0.6) is 0 Å². The van der Waals surface area contributed by atoms with Gasteiger partial charge in [-0.3, -0.25) is 14.4 Å². The molecule has 6 nitrogen and oxygen atoms in total. The van der Waals surface area contributed by atoms with Crippen molar-refractivity contribution in [2.75, 3.05) is 33.8 Å². The number of rotatable bonds is 6. The zero-order valence-corrected chi connectivity index (χ0v) is 11.8. The predicted octanol–water partition coefficient (Wildman–Crippen LogP) is 0.266. The van der Waals surface area contributed by atoms with Crippen LogP contribution in [-0.2, 0) is 19.1 Å². The normalized spacial score (nSPS) is 18.6. The molecule has 1 unspecified atom stereocenters. The maximum atomic E-state index is 12.1. The number of nitrogens with zero attached hydrogens (tertiary/aromatic N) is 2. The Labute approximate surface area is 113 Å². The van der Waals surface area contributed by atoms with Gasteiger partial charge in [0.05, 0.1) is 13.0 Å². The number of carbonyl (C=O) groups excluding carboxylic acids is 3. The van der Waals surface area contributed by atoms with Crippen LogP contribution in [0.3, 0.4) is 0 Å². The highest BCUT2D eigenvalue weighted by Gasteiger charge is 2.34. The lowest BCUT2D eigenvalue weighted by molar-refractivity contribution is -0.141. The Morgan fingerprint density at radius 1 is 1.47 bits per heavy atom. The number of hydrogen-bond acceptors (Lipinski definition) is 4. The fraction of sp³-hybridized carbons (Fsp3) is 0.769. The van der Waals surface area contributed by atoms with Crippen molar-refractivity contribution in [2.45, 2.75) is 26.2 Å². The first kappa shape index (κ1) is 15.5. The van der Waals surface area contributed by atoms with E-state index in [0.29, 0.717) is 38.9 Å². The summed E-state index contributed by atoms with van der Waals surface area (Å²) in [4.78, 5) is 38.0. The third-order valence-corrected chi connectivity index (χ3v) is 3.42. The summed E-state index contributed by atoms with van der Waals surface area (Å²) >= 11 is 0. The average molecular weight is 270 g/mol. The minimum absolute atomic E-state index is 0.0193. The van der Waals surface area contributed by atoms with Crippen molar-refractivity contribution in [3.63, 3.8) is 0 Å². The SMILES string of the molecule is CCN1CC(C(=O)N(C)CCCC(=O)OC)CC1=O. The van der Waals surface area contributed by atoms with Crippen molar-refractivity contribution in [2.24, 2.45) is 5.92 Å². The van der Waals surface area contributed by atoms with Gasteiger partial charge < -0.3 is 14.5 Å². The molecule has 1 heterocycles. The molecule has 1 atom stereocenters. The first-order valence-electron chi connectivity index (χ1n) is 6.59. The molecule has 6 heteroatoms. The molecule has 0 radical (unpaired) electrons. The van der Waals surface area contributed by atoms with Gasteiger partial charge in [-0.05, 0) is 13.3 Å². The molecular weight excluding hydrogens is 248 g/mol. The highest BCUT2D eigenvalue weighted by molar-refractivity contribution is 5.89. The molecule has 1 aliphatic rings. The summed E-state index contributed by atoms with van der Waals surface area (Å²) in [5.74, 6) is -0.484. The second kappa shape index (κ2) is 7.11. The maximum absolute atomic E-state index is 12.1. The van der Waals surface area contributed by atoms with E-state index in [1.807, 2.05) is 6.92 Å². The van der Waals surface area contributed by atoms with Crippen LogP contribution in [0.1, 0.15) is 26.2 Å². The fourth-order valence-electron chi connectivity index (χ4n) is 2.23. The summed E-state index contributed by atoms with van der Waals surface area (Å²) in [6.07, 6.45) is 1.18. The second-order valence-corrected chi connectivity index (χ2v) is 4.77. The summed E-state index contributed by atoms with van der Waals surface area (Å²) in [7, 11) is 3.05. The molecule has 19 heavy (non-hydrogen) atoms. The molecule has 0 N–H and O–H groups in total. The number of likely N-dealkylation sites (tertiary alicyclic amines) is 1. The molecule has 1 rings (SSSR count). The lowest BCUT2D eigenvalue weighted by atomic mass is 10.1. The van der Waals surface area contributed by atoms with Crippen molar-refractivity contribution in [1.82, 2.24) is 9.80 Å². The molecule has 0 aromatic rings. The number of carbonyl (C=O) groups is 3. The minimum atomic E-state index is -0.269. The Kier molecular flexibility index (Phi) is 5.79.